The van der Waals surface area contributed by atoms with Crippen LogP contribution in [-0.2, 0) is 19.1 Å². The Morgan fingerprint density at radius 3 is 2.65 bits per heavy atom. The van der Waals surface area contributed by atoms with Crippen molar-refractivity contribution in [3.63, 3.8) is 0 Å². The second kappa shape index (κ2) is 3.99. The SMILES string of the molecule is O=[N+]([O-])c1c(C(F)(F)F)ccc2c1CNCC2. The van der Waals surface area contributed by atoms with Crippen molar-refractivity contribution in [3.05, 3.63) is 38.9 Å². The number of nitro groups is 1. The van der Waals surface area contributed by atoms with E-state index in [-0.39, 0.29) is 12.1 Å². The number of nitrogens with zero attached hydrogens (tertiary/aromatic N) is 1. The molecule has 0 saturated heterocycles. The standard InChI is InChI=1S/C10H9F3N2O2/c11-10(12,13)8-2-1-6-3-4-14-5-7(6)9(8)15(16)17/h1-2,14H,3-5H2. The lowest BCUT2D eigenvalue weighted by molar-refractivity contribution is -0.388. The molecular weight excluding hydrogens is 237 g/mol. The number of alkyl halides is 3. The number of halogens is 3. The van der Waals surface area contributed by atoms with Crippen LogP contribution in [0.4, 0.5) is 18.9 Å². The predicted octanol–water partition coefficient (Wildman–Crippen LogP) is 2.26. The normalized spacial score (nSPS) is 15.5. The van der Waals surface area contributed by atoms with Crippen LogP contribution in [0.25, 0.3) is 0 Å². The van der Waals surface area contributed by atoms with Gasteiger partial charge in [-0.05, 0) is 24.6 Å². The van der Waals surface area contributed by atoms with Gasteiger partial charge in [0.2, 0.25) is 0 Å². The van der Waals surface area contributed by atoms with Crippen molar-refractivity contribution in [2.24, 2.45) is 0 Å². The van der Waals surface area contributed by atoms with Gasteiger partial charge in [-0.3, -0.25) is 10.1 Å². The monoisotopic (exact) mass is 246 g/mol. The smallest absolute Gasteiger partial charge is 0.312 e. The third kappa shape index (κ3) is 2.10. The van der Waals surface area contributed by atoms with Gasteiger partial charge in [-0.1, -0.05) is 6.07 Å². The topological polar surface area (TPSA) is 55.2 Å². The minimum Gasteiger partial charge on any atom is -0.312 e. The molecule has 0 bridgehead atoms. The second-order valence-corrected chi connectivity index (χ2v) is 3.78. The zero-order valence-electron chi connectivity index (χ0n) is 8.67. The first-order valence-electron chi connectivity index (χ1n) is 4.98. The summed E-state index contributed by atoms with van der Waals surface area (Å²) in [5.74, 6) is 0. The van der Waals surface area contributed by atoms with Gasteiger partial charge in [0.25, 0.3) is 5.69 Å². The molecule has 2 rings (SSSR count). The predicted molar refractivity (Wildman–Crippen MR) is 53.5 cm³/mol. The average molecular weight is 246 g/mol. The maximum atomic E-state index is 12.7. The summed E-state index contributed by atoms with van der Waals surface area (Å²) in [6.07, 6.45) is -4.19. The number of nitrogens with one attached hydrogen (secondary N) is 1. The molecule has 7 heteroatoms. The van der Waals surface area contributed by atoms with Crippen molar-refractivity contribution in [1.29, 1.82) is 0 Å². The van der Waals surface area contributed by atoms with E-state index in [2.05, 4.69) is 5.32 Å². The minimum atomic E-state index is -4.70. The van der Waals surface area contributed by atoms with E-state index in [0.29, 0.717) is 18.5 Å². The van der Waals surface area contributed by atoms with Gasteiger partial charge >= 0.3 is 6.18 Å². The van der Waals surface area contributed by atoms with E-state index in [9.17, 15) is 23.3 Å². The summed E-state index contributed by atoms with van der Waals surface area (Å²) in [6.45, 7) is 0.727. The minimum absolute atomic E-state index is 0.107. The van der Waals surface area contributed by atoms with Crippen molar-refractivity contribution >= 4 is 5.69 Å². The fourth-order valence-corrected chi connectivity index (χ4v) is 1.98. The van der Waals surface area contributed by atoms with Crippen molar-refractivity contribution in [2.75, 3.05) is 6.54 Å². The fourth-order valence-electron chi connectivity index (χ4n) is 1.98. The lowest BCUT2D eigenvalue weighted by Gasteiger charge is -2.19. The molecule has 1 aliphatic heterocycles. The summed E-state index contributed by atoms with van der Waals surface area (Å²) >= 11 is 0. The largest absolute Gasteiger partial charge is 0.423 e. The highest BCUT2D eigenvalue weighted by atomic mass is 19.4. The van der Waals surface area contributed by atoms with Crippen LogP contribution in [0.1, 0.15) is 16.7 Å². The highest BCUT2D eigenvalue weighted by molar-refractivity contribution is 5.54. The molecule has 17 heavy (non-hydrogen) atoms. The van der Waals surface area contributed by atoms with E-state index < -0.39 is 22.4 Å². The van der Waals surface area contributed by atoms with Gasteiger partial charge < -0.3 is 5.32 Å². The molecule has 0 unspecified atom stereocenters. The number of nitro benzene ring substituents is 1. The Bertz CT molecular complexity index is 471. The first kappa shape index (κ1) is 11.8. The van der Waals surface area contributed by atoms with Crippen LogP contribution in [0.2, 0.25) is 0 Å². The van der Waals surface area contributed by atoms with Crippen LogP contribution in [0.5, 0.6) is 0 Å². The Kier molecular flexibility index (Phi) is 2.78. The van der Waals surface area contributed by atoms with Gasteiger partial charge in [-0.15, -0.1) is 0 Å². The maximum Gasteiger partial charge on any atom is 0.423 e. The summed E-state index contributed by atoms with van der Waals surface area (Å²) in [7, 11) is 0. The highest BCUT2D eigenvalue weighted by Gasteiger charge is 2.40. The summed E-state index contributed by atoms with van der Waals surface area (Å²) in [4.78, 5) is 9.87. The summed E-state index contributed by atoms with van der Waals surface area (Å²) in [5.41, 5.74) is -1.23. The molecule has 1 aromatic rings. The third-order valence-corrected chi connectivity index (χ3v) is 2.74. The number of benzene rings is 1. The summed E-state index contributed by atoms with van der Waals surface area (Å²) in [6, 6.07) is 2.12. The molecule has 0 aromatic heterocycles. The molecule has 1 heterocycles. The first-order valence-corrected chi connectivity index (χ1v) is 4.98. The molecule has 1 N–H and O–H groups in total. The van der Waals surface area contributed by atoms with E-state index in [1.807, 2.05) is 0 Å². The van der Waals surface area contributed by atoms with Crippen molar-refractivity contribution in [2.45, 2.75) is 19.1 Å². The molecular formula is C10H9F3N2O2. The van der Waals surface area contributed by atoms with Crippen LogP contribution in [0.3, 0.4) is 0 Å². The van der Waals surface area contributed by atoms with Crippen LogP contribution in [-0.4, -0.2) is 11.5 Å². The van der Waals surface area contributed by atoms with Gasteiger partial charge in [0.05, 0.1) is 4.92 Å². The molecule has 92 valence electrons. The average Bonchev–Trinajstić information content (AvgIpc) is 2.26. The zero-order valence-corrected chi connectivity index (χ0v) is 8.67. The number of rotatable bonds is 1. The summed E-state index contributed by atoms with van der Waals surface area (Å²) < 4.78 is 38.0. The third-order valence-electron chi connectivity index (χ3n) is 2.74. The van der Waals surface area contributed by atoms with Gasteiger partial charge in [-0.25, -0.2) is 0 Å². The Labute approximate surface area is 94.6 Å². The molecule has 1 aromatic carbocycles. The van der Waals surface area contributed by atoms with Gasteiger partial charge in [0, 0.05) is 12.1 Å². The molecule has 0 atom stereocenters. The molecule has 4 nitrogen and oxygen atoms in total. The Morgan fingerprint density at radius 2 is 2.06 bits per heavy atom. The zero-order chi connectivity index (χ0) is 12.6. The molecule has 0 amide bonds. The lowest BCUT2D eigenvalue weighted by atomic mass is 9.96. The quantitative estimate of drug-likeness (QED) is 0.610. The van der Waals surface area contributed by atoms with E-state index in [0.717, 1.165) is 6.07 Å². The van der Waals surface area contributed by atoms with E-state index >= 15 is 0 Å². The van der Waals surface area contributed by atoms with Gasteiger partial charge in [-0.2, -0.15) is 13.2 Å². The number of hydrogen-bond donors (Lipinski definition) is 1. The van der Waals surface area contributed by atoms with Crippen LogP contribution in [0, 0.1) is 10.1 Å². The molecule has 0 spiro atoms. The molecule has 0 radical (unpaired) electrons. The van der Waals surface area contributed by atoms with Crippen molar-refractivity contribution in [3.8, 4) is 0 Å². The van der Waals surface area contributed by atoms with Crippen LogP contribution < -0.4 is 5.32 Å². The summed E-state index contributed by atoms with van der Waals surface area (Å²) in [5, 5.41) is 13.7. The lowest BCUT2D eigenvalue weighted by Crippen LogP contribution is -2.25. The van der Waals surface area contributed by atoms with Crippen LogP contribution in [0.15, 0.2) is 12.1 Å². The van der Waals surface area contributed by atoms with Crippen LogP contribution >= 0.6 is 0 Å². The first-order chi connectivity index (χ1) is 7.91. The highest BCUT2D eigenvalue weighted by Crippen LogP contribution is 2.39. The van der Waals surface area contributed by atoms with E-state index in [4.69, 9.17) is 0 Å². The molecule has 1 aliphatic rings. The fraction of sp³-hybridized carbons (Fsp3) is 0.400. The Balaban J connectivity index is 2.66. The van der Waals surface area contributed by atoms with Gasteiger partial charge in [0.1, 0.15) is 5.56 Å². The molecule has 0 saturated carbocycles. The maximum absolute atomic E-state index is 12.7. The van der Waals surface area contributed by atoms with Gasteiger partial charge in [0.15, 0.2) is 0 Å². The number of fused-ring (bicyclic) bond motifs is 1. The Hall–Kier alpha value is -1.63. The number of hydrogen-bond acceptors (Lipinski definition) is 3. The van der Waals surface area contributed by atoms with E-state index in [1.54, 1.807) is 0 Å². The second-order valence-electron chi connectivity index (χ2n) is 3.78. The Morgan fingerprint density at radius 1 is 1.35 bits per heavy atom. The van der Waals surface area contributed by atoms with E-state index in [1.165, 1.54) is 6.07 Å². The molecule has 0 fully saturated rings. The van der Waals surface area contributed by atoms with Crippen molar-refractivity contribution < 1.29 is 18.1 Å². The van der Waals surface area contributed by atoms with Crippen molar-refractivity contribution in [1.82, 2.24) is 5.32 Å². The molecule has 0 aliphatic carbocycles.